The lowest BCUT2D eigenvalue weighted by molar-refractivity contribution is 0.768. The predicted molar refractivity (Wildman–Crippen MR) is 267 cm³/mol. The molecule has 0 atom stereocenters. The monoisotopic (exact) mass is 827 g/mol. The largest absolute Gasteiger partial charge is 0.264 e. The zero-order chi connectivity index (χ0) is 43.2. The first-order chi connectivity index (χ1) is 32.2. The van der Waals surface area contributed by atoms with Crippen molar-refractivity contribution in [2.75, 3.05) is 0 Å². The molecule has 0 radical (unpaired) electrons. The first-order valence-electron chi connectivity index (χ1n) is 22.2. The predicted octanol–water partition coefficient (Wildman–Crippen LogP) is 15.4. The zero-order valence-corrected chi connectivity index (χ0v) is 35.5. The molecule has 1 aliphatic rings. The third-order valence-electron chi connectivity index (χ3n) is 13.1. The van der Waals surface area contributed by atoms with Crippen molar-refractivity contribution in [3.05, 3.63) is 271 Å². The van der Waals surface area contributed by atoms with E-state index >= 15 is 0 Å². The van der Waals surface area contributed by atoms with Gasteiger partial charge in [0.15, 0.2) is 5.82 Å². The maximum Gasteiger partial charge on any atom is 0.160 e. The molecule has 1 aliphatic carbocycles. The minimum atomic E-state index is -0.410. The van der Waals surface area contributed by atoms with Crippen molar-refractivity contribution in [3.63, 3.8) is 0 Å². The average Bonchev–Trinajstić information content (AvgIpc) is 3.70. The van der Waals surface area contributed by atoms with E-state index in [4.69, 9.17) is 9.97 Å². The van der Waals surface area contributed by atoms with Crippen molar-refractivity contribution in [2.24, 2.45) is 0 Å². The molecule has 304 valence electrons. The Morgan fingerprint density at radius 2 is 0.815 bits per heavy atom. The molecule has 2 heterocycles. The van der Waals surface area contributed by atoms with Crippen LogP contribution in [0.5, 0.6) is 0 Å². The molecule has 9 aromatic carbocycles. The van der Waals surface area contributed by atoms with Gasteiger partial charge < -0.3 is 0 Å². The van der Waals surface area contributed by atoms with Crippen LogP contribution in [0.4, 0.5) is 0 Å². The second kappa shape index (κ2) is 16.0. The summed E-state index contributed by atoms with van der Waals surface area (Å²) in [6.07, 6.45) is 3.69. The van der Waals surface area contributed by atoms with Gasteiger partial charge in [0.1, 0.15) is 0 Å². The maximum atomic E-state index is 5.22. The highest BCUT2D eigenvalue weighted by Gasteiger charge is 2.45. The average molecular weight is 828 g/mol. The molecule has 0 amide bonds. The van der Waals surface area contributed by atoms with Crippen molar-refractivity contribution in [1.29, 1.82) is 0 Å². The maximum absolute atomic E-state index is 5.22. The fourth-order valence-corrected chi connectivity index (χ4v) is 10.1. The minimum absolute atomic E-state index is 0.410. The molecule has 0 saturated heterocycles. The fourth-order valence-electron chi connectivity index (χ4n) is 10.1. The van der Waals surface area contributed by atoms with E-state index < -0.39 is 5.41 Å². The van der Waals surface area contributed by atoms with Gasteiger partial charge in [0, 0.05) is 29.1 Å². The Bertz CT molecular complexity index is 3450. The molecule has 0 fully saturated rings. The molecule has 0 saturated carbocycles. The Morgan fingerprint density at radius 1 is 0.292 bits per heavy atom. The third kappa shape index (κ3) is 6.56. The van der Waals surface area contributed by atoms with Crippen LogP contribution >= 0.6 is 0 Å². The summed E-state index contributed by atoms with van der Waals surface area (Å²) in [5.74, 6) is 0.694. The van der Waals surface area contributed by atoms with Crippen LogP contribution in [0.15, 0.2) is 249 Å². The normalized spacial score (nSPS) is 12.4. The van der Waals surface area contributed by atoms with Crippen LogP contribution < -0.4 is 0 Å². The molecule has 12 rings (SSSR count). The highest BCUT2D eigenvalue weighted by atomic mass is 14.9. The van der Waals surface area contributed by atoms with Crippen LogP contribution in [0.1, 0.15) is 22.3 Å². The number of rotatable bonds is 8. The Labute approximate surface area is 379 Å². The lowest BCUT2D eigenvalue weighted by Gasteiger charge is -2.33. The van der Waals surface area contributed by atoms with Gasteiger partial charge in [-0.3, -0.25) is 4.98 Å². The van der Waals surface area contributed by atoms with Crippen molar-refractivity contribution in [2.45, 2.75) is 5.41 Å². The van der Waals surface area contributed by atoms with Gasteiger partial charge in [0.05, 0.1) is 16.8 Å². The molecule has 2 aromatic heterocycles. The van der Waals surface area contributed by atoms with E-state index in [1.54, 1.807) is 6.20 Å². The standard InChI is InChI=1S/C62H41N3/c1-4-15-46(16-5-1)61-64-59(45-32-28-43(29-33-45)48-17-14-38-63-41-48)40-60(65-61)55-36-35-51(52-22-10-11-23-53(52)55)44-30-26-42(27-31-44)47-34-37-58-56(39-47)54-24-12-13-25-57(54)62(58,49-18-6-2-7-19-49)50-20-8-3-9-21-50/h1-41H. The van der Waals surface area contributed by atoms with Crippen LogP contribution in [0, 0.1) is 0 Å². The van der Waals surface area contributed by atoms with Crippen molar-refractivity contribution < 1.29 is 0 Å². The van der Waals surface area contributed by atoms with E-state index in [9.17, 15) is 0 Å². The summed E-state index contributed by atoms with van der Waals surface area (Å²) in [4.78, 5) is 14.7. The molecule has 0 bridgehead atoms. The molecular weight excluding hydrogens is 787 g/mol. The molecule has 3 heteroatoms. The van der Waals surface area contributed by atoms with Crippen LogP contribution in [0.3, 0.4) is 0 Å². The van der Waals surface area contributed by atoms with E-state index in [0.717, 1.165) is 50.2 Å². The van der Waals surface area contributed by atoms with Gasteiger partial charge in [-0.1, -0.05) is 218 Å². The first-order valence-corrected chi connectivity index (χ1v) is 22.2. The summed E-state index contributed by atoms with van der Waals surface area (Å²) in [7, 11) is 0. The molecule has 0 aliphatic heterocycles. The second-order valence-electron chi connectivity index (χ2n) is 16.7. The van der Waals surface area contributed by atoms with Crippen molar-refractivity contribution in [3.8, 4) is 78.4 Å². The van der Waals surface area contributed by atoms with Crippen LogP contribution in [0.2, 0.25) is 0 Å². The van der Waals surface area contributed by atoms with Crippen LogP contribution in [-0.4, -0.2) is 15.0 Å². The lowest BCUT2D eigenvalue weighted by Crippen LogP contribution is -2.28. The second-order valence-corrected chi connectivity index (χ2v) is 16.7. The fraction of sp³-hybridized carbons (Fsp3) is 0.0161. The van der Waals surface area contributed by atoms with E-state index in [0.29, 0.717) is 5.82 Å². The summed E-state index contributed by atoms with van der Waals surface area (Å²) >= 11 is 0. The molecule has 65 heavy (non-hydrogen) atoms. The van der Waals surface area contributed by atoms with Crippen LogP contribution in [0.25, 0.3) is 89.2 Å². The summed E-state index contributed by atoms with van der Waals surface area (Å²) in [6.45, 7) is 0. The number of hydrogen-bond acceptors (Lipinski definition) is 3. The molecule has 11 aromatic rings. The van der Waals surface area contributed by atoms with Gasteiger partial charge in [0.25, 0.3) is 0 Å². The summed E-state index contributed by atoms with van der Waals surface area (Å²) in [6, 6.07) is 85.2. The summed E-state index contributed by atoms with van der Waals surface area (Å²) in [5.41, 5.74) is 19.1. The Morgan fingerprint density at radius 3 is 1.51 bits per heavy atom. The van der Waals surface area contributed by atoms with Gasteiger partial charge in [0.2, 0.25) is 0 Å². The van der Waals surface area contributed by atoms with Gasteiger partial charge in [-0.2, -0.15) is 0 Å². The number of aromatic nitrogens is 3. The lowest BCUT2D eigenvalue weighted by atomic mass is 9.67. The molecule has 3 nitrogen and oxygen atoms in total. The number of hydrogen-bond donors (Lipinski definition) is 0. The molecule has 0 unspecified atom stereocenters. The van der Waals surface area contributed by atoms with Crippen molar-refractivity contribution in [1.82, 2.24) is 15.0 Å². The number of benzene rings is 9. The molecule has 0 N–H and O–H groups in total. The zero-order valence-electron chi connectivity index (χ0n) is 35.5. The van der Waals surface area contributed by atoms with Crippen molar-refractivity contribution >= 4 is 10.8 Å². The van der Waals surface area contributed by atoms with Gasteiger partial charge >= 0.3 is 0 Å². The Kier molecular flexibility index (Phi) is 9.39. The minimum Gasteiger partial charge on any atom is -0.264 e. The van der Waals surface area contributed by atoms with E-state index in [2.05, 4.69) is 217 Å². The Balaban J connectivity index is 0.921. The number of nitrogens with zero attached hydrogens (tertiary/aromatic N) is 3. The van der Waals surface area contributed by atoms with Gasteiger partial charge in [-0.15, -0.1) is 0 Å². The van der Waals surface area contributed by atoms with E-state index in [1.165, 1.54) is 55.5 Å². The van der Waals surface area contributed by atoms with Crippen LogP contribution in [-0.2, 0) is 5.41 Å². The van der Waals surface area contributed by atoms with Gasteiger partial charge in [-0.05, 0) is 95.7 Å². The first kappa shape index (κ1) is 38.2. The summed E-state index contributed by atoms with van der Waals surface area (Å²) < 4.78 is 0. The van der Waals surface area contributed by atoms with E-state index in [1.807, 2.05) is 30.5 Å². The third-order valence-corrected chi connectivity index (χ3v) is 13.1. The smallest absolute Gasteiger partial charge is 0.160 e. The number of fused-ring (bicyclic) bond motifs is 4. The highest BCUT2D eigenvalue weighted by Crippen LogP contribution is 2.56. The highest BCUT2D eigenvalue weighted by molar-refractivity contribution is 6.05. The SMILES string of the molecule is c1ccc(-c2nc(-c3ccc(-c4cccnc4)cc3)cc(-c3ccc(-c4ccc(-c5ccc6c(c5)-c5ccccc5C6(c5ccccc5)c5ccccc5)cc4)c4ccccc34)n2)cc1. The topological polar surface area (TPSA) is 38.7 Å². The van der Waals surface area contributed by atoms with E-state index in [-0.39, 0.29) is 0 Å². The van der Waals surface area contributed by atoms with Gasteiger partial charge in [-0.25, -0.2) is 9.97 Å². The molecular formula is C62H41N3. The number of pyridine rings is 1. The Hall–Kier alpha value is -8.53. The molecule has 0 spiro atoms. The summed E-state index contributed by atoms with van der Waals surface area (Å²) in [5, 5.41) is 2.31. The quantitative estimate of drug-likeness (QED) is 0.153.